The summed E-state index contributed by atoms with van der Waals surface area (Å²) in [4.78, 5) is 2.80. The Hall–Kier alpha value is 0.270. The van der Waals surface area contributed by atoms with Gasteiger partial charge in [0, 0.05) is 18.1 Å². The summed E-state index contributed by atoms with van der Waals surface area (Å²) >= 11 is 1.98. The van der Waals surface area contributed by atoms with Crippen LogP contribution in [0.1, 0.15) is 51.9 Å². The monoisotopic (exact) mass is 270 g/mol. The normalized spacial score (nSPS) is 31.2. The van der Waals surface area contributed by atoms with E-state index in [2.05, 4.69) is 23.4 Å². The minimum Gasteiger partial charge on any atom is -0.311 e. The standard InChI is InChI=1S/C15H30N2S/c1-3-8-17(9-4-5-10-18-2)15-11-13-6-7-14(12-15)16-13/h13-16H,3-12H2,1-2H3. The first-order valence-corrected chi connectivity index (χ1v) is 9.22. The number of unbranched alkanes of at least 4 members (excludes halogenated alkanes) is 1. The van der Waals surface area contributed by atoms with E-state index in [4.69, 9.17) is 0 Å². The van der Waals surface area contributed by atoms with Crippen molar-refractivity contribution in [3.05, 3.63) is 0 Å². The Morgan fingerprint density at radius 1 is 1.11 bits per heavy atom. The average Bonchev–Trinajstić information content (AvgIpc) is 2.72. The SMILES string of the molecule is CCCN(CCCCSC)C1CC2CCC(C1)N2. The summed E-state index contributed by atoms with van der Waals surface area (Å²) < 4.78 is 0. The van der Waals surface area contributed by atoms with Gasteiger partial charge in [-0.2, -0.15) is 11.8 Å². The zero-order valence-electron chi connectivity index (χ0n) is 12.2. The maximum Gasteiger partial charge on any atom is 0.0125 e. The average molecular weight is 270 g/mol. The lowest BCUT2D eigenvalue weighted by Crippen LogP contribution is -2.48. The Morgan fingerprint density at radius 3 is 2.44 bits per heavy atom. The van der Waals surface area contributed by atoms with Crippen molar-refractivity contribution in [1.82, 2.24) is 10.2 Å². The van der Waals surface area contributed by atoms with Gasteiger partial charge in [0.15, 0.2) is 0 Å². The predicted molar refractivity (Wildman–Crippen MR) is 82.4 cm³/mol. The van der Waals surface area contributed by atoms with Crippen molar-refractivity contribution in [2.45, 2.75) is 70.0 Å². The van der Waals surface area contributed by atoms with Crippen molar-refractivity contribution in [3.63, 3.8) is 0 Å². The second kappa shape index (κ2) is 7.76. The van der Waals surface area contributed by atoms with Gasteiger partial charge in [-0.25, -0.2) is 0 Å². The van der Waals surface area contributed by atoms with E-state index < -0.39 is 0 Å². The highest BCUT2D eigenvalue weighted by atomic mass is 32.2. The van der Waals surface area contributed by atoms with E-state index in [0.29, 0.717) is 0 Å². The zero-order valence-corrected chi connectivity index (χ0v) is 13.0. The van der Waals surface area contributed by atoms with Crippen LogP contribution in [0.5, 0.6) is 0 Å². The molecule has 2 rings (SSSR count). The van der Waals surface area contributed by atoms with Gasteiger partial charge in [0.2, 0.25) is 0 Å². The van der Waals surface area contributed by atoms with E-state index in [9.17, 15) is 0 Å². The Labute approximate surface area is 117 Å². The van der Waals surface area contributed by atoms with Crippen LogP contribution < -0.4 is 5.32 Å². The number of fused-ring (bicyclic) bond motifs is 2. The number of hydrogen-bond acceptors (Lipinski definition) is 3. The molecule has 2 nitrogen and oxygen atoms in total. The lowest BCUT2D eigenvalue weighted by atomic mass is 9.97. The first-order chi connectivity index (χ1) is 8.83. The summed E-state index contributed by atoms with van der Waals surface area (Å²) in [5, 5.41) is 3.76. The van der Waals surface area contributed by atoms with Crippen molar-refractivity contribution in [1.29, 1.82) is 0 Å². The maximum atomic E-state index is 3.76. The highest BCUT2D eigenvalue weighted by Crippen LogP contribution is 2.30. The van der Waals surface area contributed by atoms with Crippen LogP contribution in [0, 0.1) is 0 Å². The smallest absolute Gasteiger partial charge is 0.0125 e. The Kier molecular flexibility index (Phi) is 6.33. The molecule has 2 atom stereocenters. The van der Waals surface area contributed by atoms with E-state index in [-0.39, 0.29) is 0 Å². The van der Waals surface area contributed by atoms with Crippen LogP contribution in [0.25, 0.3) is 0 Å². The molecular weight excluding hydrogens is 240 g/mol. The van der Waals surface area contributed by atoms with Crippen LogP contribution in [0.4, 0.5) is 0 Å². The van der Waals surface area contributed by atoms with Gasteiger partial charge in [0.05, 0.1) is 0 Å². The summed E-state index contributed by atoms with van der Waals surface area (Å²) in [7, 11) is 0. The maximum absolute atomic E-state index is 3.76. The minimum atomic E-state index is 0.833. The molecule has 2 aliphatic heterocycles. The van der Waals surface area contributed by atoms with Crippen molar-refractivity contribution >= 4 is 11.8 Å². The molecule has 0 aromatic rings. The largest absolute Gasteiger partial charge is 0.311 e. The van der Waals surface area contributed by atoms with Gasteiger partial charge in [0.1, 0.15) is 0 Å². The lowest BCUT2D eigenvalue weighted by Gasteiger charge is -2.37. The van der Waals surface area contributed by atoms with Gasteiger partial charge >= 0.3 is 0 Å². The fraction of sp³-hybridized carbons (Fsp3) is 1.00. The summed E-state index contributed by atoms with van der Waals surface area (Å²) in [6.45, 7) is 4.96. The van der Waals surface area contributed by atoms with Crippen molar-refractivity contribution in [3.8, 4) is 0 Å². The van der Waals surface area contributed by atoms with E-state index in [1.54, 1.807) is 0 Å². The molecule has 2 saturated heterocycles. The zero-order chi connectivity index (χ0) is 12.8. The van der Waals surface area contributed by atoms with Crippen molar-refractivity contribution in [2.24, 2.45) is 0 Å². The molecule has 0 aromatic carbocycles. The summed E-state index contributed by atoms with van der Waals surface area (Å²) in [6, 6.07) is 2.54. The minimum absolute atomic E-state index is 0.833. The third kappa shape index (κ3) is 4.14. The predicted octanol–water partition coefficient (Wildman–Crippen LogP) is 3.12. The number of rotatable bonds is 8. The van der Waals surface area contributed by atoms with Gasteiger partial charge in [0.25, 0.3) is 0 Å². The lowest BCUT2D eigenvalue weighted by molar-refractivity contribution is 0.139. The van der Waals surface area contributed by atoms with Gasteiger partial charge < -0.3 is 10.2 Å². The second-order valence-electron chi connectivity index (χ2n) is 6.00. The molecular formula is C15H30N2S. The number of nitrogens with one attached hydrogen (secondary N) is 1. The van der Waals surface area contributed by atoms with E-state index >= 15 is 0 Å². The Balaban J connectivity index is 1.77. The van der Waals surface area contributed by atoms with Crippen LogP contribution >= 0.6 is 11.8 Å². The molecule has 2 unspecified atom stereocenters. The molecule has 1 N–H and O–H groups in total. The highest BCUT2D eigenvalue weighted by molar-refractivity contribution is 7.98. The van der Waals surface area contributed by atoms with Crippen LogP contribution in [0.3, 0.4) is 0 Å². The molecule has 2 fully saturated rings. The van der Waals surface area contributed by atoms with Crippen molar-refractivity contribution in [2.75, 3.05) is 25.1 Å². The molecule has 0 aliphatic carbocycles. The number of piperidine rings is 1. The Morgan fingerprint density at radius 2 is 1.83 bits per heavy atom. The van der Waals surface area contributed by atoms with Crippen molar-refractivity contribution < 1.29 is 0 Å². The highest BCUT2D eigenvalue weighted by Gasteiger charge is 2.35. The van der Waals surface area contributed by atoms with Crippen LogP contribution in [-0.2, 0) is 0 Å². The van der Waals surface area contributed by atoms with Gasteiger partial charge in [-0.15, -0.1) is 0 Å². The van der Waals surface area contributed by atoms with Crippen LogP contribution in [-0.4, -0.2) is 48.1 Å². The Bertz CT molecular complexity index is 223. The third-order valence-electron chi connectivity index (χ3n) is 4.52. The van der Waals surface area contributed by atoms with Gasteiger partial charge in [-0.1, -0.05) is 6.92 Å². The molecule has 0 aromatic heterocycles. The van der Waals surface area contributed by atoms with E-state index in [1.165, 1.54) is 63.8 Å². The molecule has 106 valence electrons. The fourth-order valence-electron chi connectivity index (χ4n) is 3.65. The molecule has 2 heterocycles. The molecule has 2 aliphatic rings. The summed E-state index contributed by atoms with van der Waals surface area (Å²) in [5.41, 5.74) is 0. The summed E-state index contributed by atoms with van der Waals surface area (Å²) in [5.74, 6) is 1.33. The molecule has 0 spiro atoms. The first-order valence-electron chi connectivity index (χ1n) is 7.82. The molecule has 0 radical (unpaired) electrons. The van der Waals surface area contributed by atoms with Crippen LogP contribution in [0.2, 0.25) is 0 Å². The first kappa shape index (κ1) is 14.7. The number of thioether (sulfide) groups is 1. The molecule has 2 bridgehead atoms. The number of nitrogens with zero attached hydrogens (tertiary/aromatic N) is 1. The van der Waals surface area contributed by atoms with Gasteiger partial charge in [-0.3, -0.25) is 0 Å². The fourth-order valence-corrected chi connectivity index (χ4v) is 4.14. The quantitative estimate of drug-likeness (QED) is 0.682. The van der Waals surface area contributed by atoms with E-state index in [1.807, 2.05) is 11.8 Å². The topological polar surface area (TPSA) is 15.3 Å². The van der Waals surface area contributed by atoms with Crippen LogP contribution in [0.15, 0.2) is 0 Å². The van der Waals surface area contributed by atoms with E-state index in [0.717, 1.165) is 18.1 Å². The summed E-state index contributed by atoms with van der Waals surface area (Å²) in [6.07, 6.45) is 12.0. The second-order valence-corrected chi connectivity index (χ2v) is 6.98. The molecule has 3 heteroatoms. The third-order valence-corrected chi connectivity index (χ3v) is 5.22. The molecule has 0 saturated carbocycles. The van der Waals surface area contributed by atoms with Gasteiger partial charge in [-0.05, 0) is 70.0 Å². The molecule has 18 heavy (non-hydrogen) atoms. The number of hydrogen-bond donors (Lipinski definition) is 1. The molecule has 0 amide bonds.